The monoisotopic (exact) mass is 218 g/mol. The Kier molecular flexibility index (Phi) is 3.08. The molecule has 0 spiro atoms. The second-order valence-corrected chi connectivity index (χ2v) is 4.91. The van der Waals surface area contributed by atoms with E-state index in [4.69, 9.17) is 0 Å². The van der Waals surface area contributed by atoms with Crippen molar-refractivity contribution in [2.24, 2.45) is 11.8 Å². The molecule has 0 radical (unpaired) electrons. The van der Waals surface area contributed by atoms with E-state index in [0.717, 1.165) is 25.7 Å². The standard InChI is InChI=1S/C12H17F3/c13-11-6-10(7-12(14,15)8-11)9-4-2-1-3-5-9/h6,9-10H,1-5,7-8H2. The summed E-state index contributed by atoms with van der Waals surface area (Å²) in [4.78, 5) is 0. The fourth-order valence-electron chi connectivity index (χ4n) is 2.88. The van der Waals surface area contributed by atoms with Gasteiger partial charge in [-0.25, -0.2) is 13.2 Å². The summed E-state index contributed by atoms with van der Waals surface area (Å²) >= 11 is 0. The molecule has 1 fully saturated rings. The van der Waals surface area contributed by atoms with Gasteiger partial charge >= 0.3 is 0 Å². The van der Waals surface area contributed by atoms with Crippen LogP contribution in [0, 0.1) is 11.8 Å². The number of allylic oxidation sites excluding steroid dienone is 2. The van der Waals surface area contributed by atoms with Crippen molar-refractivity contribution in [1.29, 1.82) is 0 Å². The van der Waals surface area contributed by atoms with E-state index in [1.54, 1.807) is 0 Å². The van der Waals surface area contributed by atoms with E-state index in [0.29, 0.717) is 0 Å². The summed E-state index contributed by atoms with van der Waals surface area (Å²) in [6.07, 6.45) is 6.03. The van der Waals surface area contributed by atoms with Gasteiger partial charge in [0.15, 0.2) is 0 Å². The van der Waals surface area contributed by atoms with Gasteiger partial charge in [0.05, 0.1) is 6.42 Å². The van der Waals surface area contributed by atoms with Gasteiger partial charge in [-0.15, -0.1) is 0 Å². The molecular formula is C12H17F3. The van der Waals surface area contributed by atoms with Crippen molar-refractivity contribution >= 4 is 0 Å². The lowest BCUT2D eigenvalue weighted by molar-refractivity contribution is -0.0378. The lowest BCUT2D eigenvalue weighted by Gasteiger charge is -2.33. The molecule has 2 aliphatic rings. The summed E-state index contributed by atoms with van der Waals surface area (Å²) in [5.74, 6) is -3.37. The van der Waals surface area contributed by atoms with E-state index in [-0.39, 0.29) is 18.3 Å². The average Bonchev–Trinajstić information content (AvgIpc) is 2.16. The predicted octanol–water partition coefficient (Wildman–Crippen LogP) is 4.47. The average molecular weight is 218 g/mol. The molecule has 2 rings (SSSR count). The van der Waals surface area contributed by atoms with Gasteiger partial charge in [-0.2, -0.15) is 0 Å². The van der Waals surface area contributed by atoms with Crippen molar-refractivity contribution in [1.82, 2.24) is 0 Å². The molecule has 1 saturated carbocycles. The molecule has 0 aromatic rings. The third-order valence-corrected chi connectivity index (χ3v) is 3.61. The maximum Gasteiger partial charge on any atom is 0.254 e. The fraction of sp³-hybridized carbons (Fsp3) is 0.833. The Hall–Kier alpha value is -0.470. The first-order chi connectivity index (χ1) is 7.07. The molecule has 0 bridgehead atoms. The minimum atomic E-state index is -2.82. The van der Waals surface area contributed by atoms with Crippen LogP contribution in [0.15, 0.2) is 11.9 Å². The van der Waals surface area contributed by atoms with Crippen molar-refractivity contribution in [3.8, 4) is 0 Å². The van der Waals surface area contributed by atoms with Crippen LogP contribution in [0.25, 0.3) is 0 Å². The Bertz CT molecular complexity index is 252. The van der Waals surface area contributed by atoms with E-state index >= 15 is 0 Å². The van der Waals surface area contributed by atoms with Crippen molar-refractivity contribution in [3.05, 3.63) is 11.9 Å². The molecule has 2 aliphatic carbocycles. The highest BCUT2D eigenvalue weighted by Gasteiger charge is 2.40. The molecule has 86 valence electrons. The number of hydrogen-bond donors (Lipinski definition) is 0. The molecule has 0 amide bonds. The highest BCUT2D eigenvalue weighted by atomic mass is 19.3. The lowest BCUT2D eigenvalue weighted by atomic mass is 9.75. The van der Waals surface area contributed by atoms with E-state index in [9.17, 15) is 13.2 Å². The smallest absolute Gasteiger partial charge is 0.212 e. The summed E-state index contributed by atoms with van der Waals surface area (Å²) < 4.78 is 39.4. The van der Waals surface area contributed by atoms with Crippen LogP contribution in [0.2, 0.25) is 0 Å². The maximum absolute atomic E-state index is 13.2. The quantitative estimate of drug-likeness (QED) is 0.609. The van der Waals surface area contributed by atoms with Gasteiger partial charge in [-0.3, -0.25) is 0 Å². The Balaban J connectivity index is 2.04. The van der Waals surface area contributed by atoms with Gasteiger partial charge in [-0.05, 0) is 30.8 Å². The summed E-state index contributed by atoms with van der Waals surface area (Å²) in [7, 11) is 0. The summed E-state index contributed by atoms with van der Waals surface area (Å²) in [6.45, 7) is 0. The van der Waals surface area contributed by atoms with Crippen LogP contribution in [-0.2, 0) is 0 Å². The molecule has 0 saturated heterocycles. The zero-order valence-corrected chi connectivity index (χ0v) is 8.82. The molecule has 15 heavy (non-hydrogen) atoms. The maximum atomic E-state index is 13.2. The number of halogens is 3. The zero-order valence-electron chi connectivity index (χ0n) is 8.82. The van der Waals surface area contributed by atoms with Crippen LogP contribution in [0.3, 0.4) is 0 Å². The van der Waals surface area contributed by atoms with Gasteiger partial charge in [-0.1, -0.05) is 19.3 Å². The van der Waals surface area contributed by atoms with Crippen LogP contribution >= 0.6 is 0 Å². The van der Waals surface area contributed by atoms with Gasteiger partial charge in [0.1, 0.15) is 5.83 Å². The summed E-state index contributed by atoms with van der Waals surface area (Å²) in [5, 5.41) is 0. The van der Waals surface area contributed by atoms with Gasteiger partial charge in [0.25, 0.3) is 5.92 Å². The number of hydrogen-bond acceptors (Lipinski definition) is 0. The molecule has 1 unspecified atom stereocenters. The molecule has 3 heteroatoms. The molecular weight excluding hydrogens is 201 g/mol. The van der Waals surface area contributed by atoms with Crippen molar-refractivity contribution in [2.75, 3.05) is 0 Å². The Labute approximate surface area is 88.5 Å². The van der Waals surface area contributed by atoms with E-state index < -0.39 is 18.2 Å². The second-order valence-electron chi connectivity index (χ2n) is 4.91. The zero-order chi connectivity index (χ0) is 10.9. The minimum Gasteiger partial charge on any atom is -0.212 e. The first kappa shape index (κ1) is 11.0. The van der Waals surface area contributed by atoms with Crippen LogP contribution < -0.4 is 0 Å². The molecule has 0 aromatic heterocycles. The Morgan fingerprint density at radius 1 is 1.13 bits per heavy atom. The summed E-state index contributed by atoms with van der Waals surface area (Å²) in [6, 6.07) is 0. The van der Waals surface area contributed by atoms with Crippen LogP contribution in [0.5, 0.6) is 0 Å². The third-order valence-electron chi connectivity index (χ3n) is 3.61. The SMILES string of the molecule is FC1=CC(C2CCCCC2)CC(F)(F)C1. The number of rotatable bonds is 1. The van der Waals surface area contributed by atoms with Gasteiger partial charge in [0.2, 0.25) is 0 Å². The Morgan fingerprint density at radius 2 is 1.80 bits per heavy atom. The highest BCUT2D eigenvalue weighted by Crippen LogP contribution is 2.43. The molecule has 0 heterocycles. The molecule has 0 N–H and O–H groups in total. The van der Waals surface area contributed by atoms with E-state index in [2.05, 4.69) is 0 Å². The first-order valence-corrected chi connectivity index (χ1v) is 5.81. The molecule has 0 nitrogen and oxygen atoms in total. The molecule has 0 aliphatic heterocycles. The van der Waals surface area contributed by atoms with Crippen LogP contribution in [0.4, 0.5) is 13.2 Å². The predicted molar refractivity (Wildman–Crippen MR) is 53.4 cm³/mol. The molecule has 1 atom stereocenters. The third kappa shape index (κ3) is 2.76. The first-order valence-electron chi connectivity index (χ1n) is 5.81. The lowest BCUT2D eigenvalue weighted by Crippen LogP contribution is -2.29. The van der Waals surface area contributed by atoms with E-state index in [1.165, 1.54) is 12.5 Å². The van der Waals surface area contributed by atoms with Crippen molar-refractivity contribution in [3.63, 3.8) is 0 Å². The van der Waals surface area contributed by atoms with Gasteiger partial charge in [0, 0.05) is 6.42 Å². The Morgan fingerprint density at radius 3 is 2.40 bits per heavy atom. The van der Waals surface area contributed by atoms with Gasteiger partial charge < -0.3 is 0 Å². The topological polar surface area (TPSA) is 0 Å². The summed E-state index contributed by atoms with van der Waals surface area (Å²) in [5.41, 5.74) is 0. The minimum absolute atomic E-state index is 0.148. The molecule has 0 aromatic carbocycles. The van der Waals surface area contributed by atoms with Crippen molar-refractivity contribution in [2.45, 2.75) is 50.9 Å². The normalized spacial score (nSPS) is 32.5. The van der Waals surface area contributed by atoms with Crippen molar-refractivity contribution < 1.29 is 13.2 Å². The number of alkyl halides is 2. The van der Waals surface area contributed by atoms with Crippen LogP contribution in [0.1, 0.15) is 44.9 Å². The van der Waals surface area contributed by atoms with E-state index in [1.807, 2.05) is 0 Å². The van der Waals surface area contributed by atoms with Crippen LogP contribution in [-0.4, -0.2) is 5.92 Å². The largest absolute Gasteiger partial charge is 0.254 e. The fourth-order valence-corrected chi connectivity index (χ4v) is 2.88. The highest BCUT2D eigenvalue weighted by molar-refractivity contribution is 5.07. The second kappa shape index (κ2) is 4.18.